The fraction of sp³-hybridized carbons (Fsp3) is 0.387. The summed E-state index contributed by atoms with van der Waals surface area (Å²) < 4.78 is 20.3. The van der Waals surface area contributed by atoms with Gasteiger partial charge in [-0.25, -0.2) is 4.79 Å². The number of carboxylic acids is 1. The van der Waals surface area contributed by atoms with E-state index in [1.165, 1.54) is 4.57 Å². The molecule has 1 unspecified atom stereocenters. The van der Waals surface area contributed by atoms with E-state index in [9.17, 15) is 14.7 Å². The lowest BCUT2D eigenvalue weighted by atomic mass is 9.89. The largest absolute Gasteiger partial charge is 0.497 e. The number of fused-ring (bicyclic) bond motifs is 2. The van der Waals surface area contributed by atoms with Crippen LogP contribution in [0.4, 0.5) is 0 Å². The average molecular weight is 546 g/mol. The minimum Gasteiger partial charge on any atom is -0.497 e. The molecule has 1 aliphatic rings. The number of hydrogen-bond donors (Lipinski definition) is 1. The Morgan fingerprint density at radius 3 is 2.55 bits per heavy atom. The number of carboxylic acid groups (broad SMARTS) is 1. The highest BCUT2D eigenvalue weighted by molar-refractivity contribution is 5.98. The molecular weight excluding hydrogens is 510 g/mol. The van der Waals surface area contributed by atoms with Gasteiger partial charge in [-0.1, -0.05) is 18.2 Å². The van der Waals surface area contributed by atoms with Crippen molar-refractivity contribution < 1.29 is 24.1 Å². The van der Waals surface area contributed by atoms with Gasteiger partial charge in [-0.05, 0) is 81.0 Å². The van der Waals surface area contributed by atoms with Gasteiger partial charge in [0.25, 0.3) is 5.56 Å². The maximum atomic E-state index is 13.9. The van der Waals surface area contributed by atoms with Crippen LogP contribution in [0, 0.1) is 6.92 Å². The van der Waals surface area contributed by atoms with E-state index in [4.69, 9.17) is 14.2 Å². The minimum absolute atomic E-state index is 0.281. The molecule has 0 amide bonds. The van der Waals surface area contributed by atoms with Crippen molar-refractivity contribution in [1.29, 1.82) is 0 Å². The first kappa shape index (κ1) is 27.5. The average Bonchev–Trinajstić information content (AvgIpc) is 3.33. The molecule has 0 saturated carbocycles. The summed E-state index contributed by atoms with van der Waals surface area (Å²) in [6, 6.07) is 11.5. The molecule has 2 aromatic carbocycles. The van der Waals surface area contributed by atoms with Crippen molar-refractivity contribution >= 4 is 16.9 Å². The van der Waals surface area contributed by atoms with Crippen LogP contribution in [0.25, 0.3) is 22.0 Å². The van der Waals surface area contributed by atoms with Crippen LogP contribution in [0.1, 0.15) is 55.7 Å². The van der Waals surface area contributed by atoms with Crippen molar-refractivity contribution in [3.63, 3.8) is 0 Å². The fourth-order valence-corrected chi connectivity index (χ4v) is 5.44. The highest BCUT2D eigenvalue weighted by Crippen LogP contribution is 2.41. The SMILES string of the molecule is COc1ccc(Cn2ncc3c(-c4ccc5c(c4C)CCCO5)c(C(OC(C)(C)C)C(=O)O)n(C)c(=O)c32)cc1. The summed E-state index contributed by atoms with van der Waals surface area (Å²) in [5.41, 5.74) is 4.03. The van der Waals surface area contributed by atoms with Crippen molar-refractivity contribution in [3.05, 3.63) is 75.3 Å². The zero-order valence-corrected chi connectivity index (χ0v) is 23.8. The Balaban J connectivity index is 1.80. The lowest BCUT2D eigenvalue weighted by Crippen LogP contribution is -2.33. The number of rotatable bonds is 7. The highest BCUT2D eigenvalue weighted by Gasteiger charge is 2.34. The summed E-state index contributed by atoms with van der Waals surface area (Å²) in [7, 11) is 3.21. The molecule has 9 nitrogen and oxygen atoms in total. The summed E-state index contributed by atoms with van der Waals surface area (Å²) in [6.07, 6.45) is 2.03. The number of ether oxygens (including phenoxy) is 3. The monoisotopic (exact) mass is 545 g/mol. The molecule has 1 N–H and O–H groups in total. The Labute approximate surface area is 232 Å². The van der Waals surface area contributed by atoms with Crippen LogP contribution in [-0.2, 0) is 29.5 Å². The molecule has 9 heteroatoms. The van der Waals surface area contributed by atoms with Gasteiger partial charge in [-0.2, -0.15) is 5.10 Å². The Hall–Kier alpha value is -4.11. The van der Waals surface area contributed by atoms with Crippen LogP contribution in [0.3, 0.4) is 0 Å². The van der Waals surface area contributed by atoms with Gasteiger partial charge >= 0.3 is 5.97 Å². The van der Waals surface area contributed by atoms with Gasteiger partial charge in [0.1, 0.15) is 17.0 Å². The number of aromatic nitrogens is 3. The number of benzene rings is 2. The Bertz CT molecular complexity index is 1640. The van der Waals surface area contributed by atoms with Gasteiger partial charge in [0.05, 0.1) is 37.8 Å². The Morgan fingerprint density at radius 1 is 1.18 bits per heavy atom. The van der Waals surface area contributed by atoms with E-state index in [1.807, 2.05) is 43.3 Å². The molecule has 210 valence electrons. The van der Waals surface area contributed by atoms with Crippen molar-refractivity contribution in [1.82, 2.24) is 14.3 Å². The molecule has 2 aromatic heterocycles. The first-order valence-electron chi connectivity index (χ1n) is 13.4. The first-order chi connectivity index (χ1) is 19.0. The fourth-order valence-electron chi connectivity index (χ4n) is 5.44. The van der Waals surface area contributed by atoms with Crippen LogP contribution in [0.15, 0.2) is 47.4 Å². The number of pyridine rings is 1. The molecule has 0 radical (unpaired) electrons. The van der Waals surface area contributed by atoms with E-state index in [0.29, 0.717) is 29.6 Å². The summed E-state index contributed by atoms with van der Waals surface area (Å²) in [5, 5.41) is 15.6. The number of carbonyl (C=O) groups is 1. The first-order valence-corrected chi connectivity index (χ1v) is 13.4. The van der Waals surface area contributed by atoms with E-state index in [1.54, 1.807) is 45.8 Å². The number of hydrogen-bond acceptors (Lipinski definition) is 6. The van der Waals surface area contributed by atoms with Gasteiger partial charge < -0.3 is 23.9 Å². The number of methoxy groups -OCH3 is 1. The van der Waals surface area contributed by atoms with Gasteiger partial charge in [-0.15, -0.1) is 0 Å². The quantitative estimate of drug-likeness (QED) is 0.347. The Morgan fingerprint density at radius 2 is 1.90 bits per heavy atom. The van der Waals surface area contributed by atoms with E-state index in [2.05, 4.69) is 5.10 Å². The summed E-state index contributed by atoms with van der Waals surface area (Å²) in [6.45, 7) is 8.44. The second kappa shape index (κ2) is 10.5. The summed E-state index contributed by atoms with van der Waals surface area (Å²) in [4.78, 5) is 26.6. The van der Waals surface area contributed by atoms with E-state index in [0.717, 1.165) is 46.6 Å². The molecule has 4 aromatic rings. The molecule has 0 saturated heterocycles. The molecule has 0 spiro atoms. The molecule has 0 aliphatic carbocycles. The van der Waals surface area contributed by atoms with Crippen molar-refractivity contribution in [2.45, 2.75) is 58.8 Å². The maximum Gasteiger partial charge on any atom is 0.339 e. The van der Waals surface area contributed by atoms with Crippen LogP contribution in [-0.4, -0.2) is 44.7 Å². The molecule has 40 heavy (non-hydrogen) atoms. The predicted octanol–water partition coefficient (Wildman–Crippen LogP) is 5.03. The molecule has 1 aliphatic heterocycles. The number of nitrogens with zero attached hydrogens (tertiary/aromatic N) is 3. The maximum absolute atomic E-state index is 13.9. The normalized spacial score (nSPS) is 14.1. The van der Waals surface area contributed by atoms with Crippen LogP contribution < -0.4 is 15.0 Å². The third-order valence-corrected chi connectivity index (χ3v) is 7.32. The van der Waals surface area contributed by atoms with Crippen molar-refractivity contribution in [3.8, 4) is 22.6 Å². The second-order valence-corrected chi connectivity index (χ2v) is 11.2. The standard InChI is InChI=1S/C31H35N3O6/c1-18-21-8-7-15-39-24(21)14-13-22(18)25-23-16-32-34(17-19-9-11-20(38-6)12-10-19)26(23)29(35)33(5)27(25)28(30(36)37)40-31(2,3)4/h9-14,16,28H,7-8,15,17H2,1-6H3,(H,36,37). The zero-order valence-electron chi connectivity index (χ0n) is 23.8. The highest BCUT2D eigenvalue weighted by atomic mass is 16.5. The van der Waals surface area contributed by atoms with Gasteiger partial charge in [0.2, 0.25) is 0 Å². The minimum atomic E-state index is -1.38. The van der Waals surface area contributed by atoms with Gasteiger partial charge in [0.15, 0.2) is 6.10 Å². The zero-order chi connectivity index (χ0) is 28.8. The molecule has 1 atom stereocenters. The lowest BCUT2D eigenvalue weighted by molar-refractivity contribution is -0.161. The van der Waals surface area contributed by atoms with Gasteiger partial charge in [0, 0.05) is 18.0 Å². The van der Waals surface area contributed by atoms with Crippen LogP contribution >= 0.6 is 0 Å². The van der Waals surface area contributed by atoms with E-state index >= 15 is 0 Å². The topological polar surface area (TPSA) is 105 Å². The molecule has 3 heterocycles. The smallest absolute Gasteiger partial charge is 0.339 e. The van der Waals surface area contributed by atoms with Crippen molar-refractivity contribution in [2.75, 3.05) is 13.7 Å². The summed E-state index contributed by atoms with van der Waals surface area (Å²) in [5.74, 6) is 0.406. The van der Waals surface area contributed by atoms with Crippen molar-refractivity contribution in [2.24, 2.45) is 7.05 Å². The summed E-state index contributed by atoms with van der Waals surface area (Å²) >= 11 is 0. The molecule has 0 bridgehead atoms. The van der Waals surface area contributed by atoms with Crippen LogP contribution in [0.2, 0.25) is 0 Å². The molecule has 5 rings (SSSR count). The predicted molar refractivity (Wildman–Crippen MR) is 152 cm³/mol. The molecule has 0 fully saturated rings. The van der Waals surface area contributed by atoms with Gasteiger partial charge in [-0.3, -0.25) is 9.48 Å². The third-order valence-electron chi connectivity index (χ3n) is 7.32. The third kappa shape index (κ3) is 4.97. The van der Waals surface area contributed by atoms with E-state index < -0.39 is 17.7 Å². The lowest BCUT2D eigenvalue weighted by Gasteiger charge is -2.29. The molecular formula is C31H35N3O6. The number of aliphatic carboxylic acids is 1. The van der Waals surface area contributed by atoms with Crippen LogP contribution in [0.5, 0.6) is 11.5 Å². The Kier molecular flexibility index (Phi) is 7.18. The van der Waals surface area contributed by atoms with E-state index in [-0.39, 0.29) is 11.3 Å². The second-order valence-electron chi connectivity index (χ2n) is 11.2.